The van der Waals surface area contributed by atoms with Gasteiger partial charge in [-0.3, -0.25) is 0 Å². The van der Waals surface area contributed by atoms with Gasteiger partial charge in [-0.25, -0.2) is 4.39 Å². The second-order valence-electron chi connectivity index (χ2n) is 4.35. The van der Waals surface area contributed by atoms with Gasteiger partial charge >= 0.3 is 0 Å². The first-order chi connectivity index (χ1) is 10.2. The van der Waals surface area contributed by atoms with E-state index < -0.39 is 0 Å². The van der Waals surface area contributed by atoms with Gasteiger partial charge in [-0.15, -0.1) is 0 Å². The van der Waals surface area contributed by atoms with Crippen LogP contribution in [0.5, 0.6) is 17.2 Å². The Balaban J connectivity index is 1.86. The van der Waals surface area contributed by atoms with Crippen molar-refractivity contribution in [2.24, 2.45) is 5.73 Å². The first-order valence-corrected chi connectivity index (χ1v) is 6.61. The van der Waals surface area contributed by atoms with Crippen molar-refractivity contribution in [3.8, 4) is 17.2 Å². The maximum Gasteiger partial charge on any atom is 0.161 e. The van der Waals surface area contributed by atoms with Crippen LogP contribution < -0.4 is 19.9 Å². The number of benzene rings is 2. The number of hydrogen-bond acceptors (Lipinski definition) is 4. The van der Waals surface area contributed by atoms with Gasteiger partial charge in [0.15, 0.2) is 11.5 Å². The van der Waals surface area contributed by atoms with E-state index in [0.717, 1.165) is 0 Å². The molecule has 0 saturated carbocycles. The quantitative estimate of drug-likeness (QED) is 0.797. The summed E-state index contributed by atoms with van der Waals surface area (Å²) in [6, 6.07) is 11.8. The van der Waals surface area contributed by atoms with Crippen LogP contribution >= 0.6 is 0 Å². The maximum absolute atomic E-state index is 13.3. The average Bonchev–Trinajstić information content (AvgIpc) is 2.51. The fourth-order valence-electron chi connectivity index (χ4n) is 1.87. The number of para-hydroxylation sites is 2. The average molecular weight is 291 g/mol. The van der Waals surface area contributed by atoms with Crippen LogP contribution in [0.25, 0.3) is 0 Å². The zero-order chi connectivity index (χ0) is 15.1. The van der Waals surface area contributed by atoms with Crippen LogP contribution in [0.2, 0.25) is 0 Å². The highest BCUT2D eigenvalue weighted by atomic mass is 19.1. The minimum atomic E-state index is -0.362. The largest absolute Gasteiger partial charge is 0.493 e. The third-order valence-electron chi connectivity index (χ3n) is 2.85. The summed E-state index contributed by atoms with van der Waals surface area (Å²) >= 11 is 0. The topological polar surface area (TPSA) is 53.7 Å². The monoisotopic (exact) mass is 291 g/mol. The van der Waals surface area contributed by atoms with Gasteiger partial charge in [-0.1, -0.05) is 12.1 Å². The van der Waals surface area contributed by atoms with Gasteiger partial charge in [-0.2, -0.15) is 0 Å². The lowest BCUT2D eigenvalue weighted by molar-refractivity contribution is 0.210. The molecule has 0 saturated heterocycles. The summed E-state index contributed by atoms with van der Waals surface area (Å²) in [5, 5.41) is 0. The van der Waals surface area contributed by atoms with Crippen LogP contribution in [0.4, 0.5) is 4.39 Å². The van der Waals surface area contributed by atoms with Crippen molar-refractivity contribution in [1.29, 1.82) is 0 Å². The summed E-state index contributed by atoms with van der Waals surface area (Å²) < 4.78 is 29.5. The molecule has 2 aromatic rings. The van der Waals surface area contributed by atoms with Crippen molar-refractivity contribution in [2.45, 2.75) is 6.54 Å². The van der Waals surface area contributed by atoms with Gasteiger partial charge in [0.1, 0.15) is 24.8 Å². The minimum Gasteiger partial charge on any atom is -0.493 e. The van der Waals surface area contributed by atoms with E-state index in [1.54, 1.807) is 13.2 Å². The Labute approximate surface area is 123 Å². The molecule has 4 nitrogen and oxygen atoms in total. The van der Waals surface area contributed by atoms with E-state index in [9.17, 15) is 4.39 Å². The number of rotatable bonds is 7. The Morgan fingerprint density at radius 2 is 1.71 bits per heavy atom. The van der Waals surface area contributed by atoms with E-state index in [0.29, 0.717) is 36.0 Å². The number of nitrogens with two attached hydrogens (primary N) is 1. The van der Waals surface area contributed by atoms with Crippen LogP contribution in [0.3, 0.4) is 0 Å². The van der Waals surface area contributed by atoms with E-state index >= 15 is 0 Å². The molecule has 0 heterocycles. The zero-order valence-electron chi connectivity index (χ0n) is 11.8. The number of halogens is 1. The Kier molecular flexibility index (Phi) is 5.40. The predicted molar refractivity (Wildman–Crippen MR) is 78.3 cm³/mol. The molecule has 0 fully saturated rings. The van der Waals surface area contributed by atoms with Crippen molar-refractivity contribution >= 4 is 0 Å². The van der Waals surface area contributed by atoms with E-state index in [-0.39, 0.29) is 12.4 Å². The van der Waals surface area contributed by atoms with Crippen LogP contribution in [0, 0.1) is 5.82 Å². The van der Waals surface area contributed by atoms with Crippen molar-refractivity contribution in [3.63, 3.8) is 0 Å². The van der Waals surface area contributed by atoms with Gasteiger partial charge in [0.25, 0.3) is 0 Å². The zero-order valence-corrected chi connectivity index (χ0v) is 11.8. The maximum atomic E-state index is 13.3. The van der Waals surface area contributed by atoms with Crippen LogP contribution in [-0.2, 0) is 6.54 Å². The predicted octanol–water partition coefficient (Wildman–Crippen LogP) is 2.75. The highest BCUT2D eigenvalue weighted by molar-refractivity contribution is 5.39. The Bertz CT molecular complexity index is 589. The van der Waals surface area contributed by atoms with Gasteiger partial charge in [0.05, 0.1) is 7.11 Å². The summed E-state index contributed by atoms with van der Waals surface area (Å²) in [5.41, 5.74) is 6.18. The molecule has 5 heteroatoms. The molecule has 0 unspecified atom stereocenters. The molecule has 0 atom stereocenters. The van der Waals surface area contributed by atoms with Crippen LogP contribution in [0.1, 0.15) is 5.56 Å². The Morgan fingerprint density at radius 3 is 2.43 bits per heavy atom. The molecule has 0 radical (unpaired) electrons. The Morgan fingerprint density at radius 1 is 1.00 bits per heavy atom. The second-order valence-corrected chi connectivity index (χ2v) is 4.35. The Hall–Kier alpha value is -2.27. The smallest absolute Gasteiger partial charge is 0.161 e. The third-order valence-corrected chi connectivity index (χ3v) is 2.85. The highest BCUT2D eigenvalue weighted by Gasteiger charge is 2.04. The fraction of sp³-hybridized carbons (Fsp3) is 0.250. The van der Waals surface area contributed by atoms with E-state index in [1.807, 2.05) is 24.3 Å². The lowest BCUT2D eigenvalue weighted by atomic mass is 10.2. The highest BCUT2D eigenvalue weighted by Crippen LogP contribution is 2.25. The molecule has 0 bridgehead atoms. The molecule has 112 valence electrons. The first-order valence-electron chi connectivity index (χ1n) is 6.61. The van der Waals surface area contributed by atoms with E-state index in [2.05, 4.69) is 0 Å². The van der Waals surface area contributed by atoms with Gasteiger partial charge in [0, 0.05) is 12.6 Å². The van der Waals surface area contributed by atoms with Gasteiger partial charge in [0.2, 0.25) is 0 Å². The van der Waals surface area contributed by atoms with Crippen molar-refractivity contribution < 1.29 is 18.6 Å². The summed E-state index contributed by atoms with van der Waals surface area (Å²) in [6.07, 6.45) is 0. The van der Waals surface area contributed by atoms with Crippen molar-refractivity contribution in [2.75, 3.05) is 20.3 Å². The van der Waals surface area contributed by atoms with Crippen molar-refractivity contribution in [3.05, 3.63) is 53.8 Å². The summed E-state index contributed by atoms with van der Waals surface area (Å²) in [5.74, 6) is 1.39. The SMILES string of the molecule is COc1ccccc1OCCOc1cc(F)cc(CN)c1. The molecule has 21 heavy (non-hydrogen) atoms. The number of hydrogen-bond donors (Lipinski definition) is 1. The van der Waals surface area contributed by atoms with Crippen LogP contribution in [0.15, 0.2) is 42.5 Å². The second kappa shape index (κ2) is 7.50. The molecule has 0 spiro atoms. The lowest BCUT2D eigenvalue weighted by Crippen LogP contribution is -2.10. The summed E-state index contributed by atoms with van der Waals surface area (Å²) in [4.78, 5) is 0. The third kappa shape index (κ3) is 4.36. The summed E-state index contributed by atoms with van der Waals surface area (Å²) in [7, 11) is 1.58. The molecule has 2 N–H and O–H groups in total. The molecule has 0 aliphatic heterocycles. The lowest BCUT2D eigenvalue weighted by Gasteiger charge is -2.11. The minimum absolute atomic E-state index is 0.270. The van der Waals surface area contributed by atoms with Gasteiger partial charge in [-0.05, 0) is 29.8 Å². The summed E-state index contributed by atoms with van der Waals surface area (Å²) in [6.45, 7) is 0.895. The van der Waals surface area contributed by atoms with Crippen molar-refractivity contribution in [1.82, 2.24) is 0 Å². The fourth-order valence-corrected chi connectivity index (χ4v) is 1.87. The molecular weight excluding hydrogens is 273 g/mol. The van der Waals surface area contributed by atoms with Crippen LogP contribution in [-0.4, -0.2) is 20.3 Å². The molecule has 0 aliphatic rings. The molecule has 0 aromatic heterocycles. The van der Waals surface area contributed by atoms with E-state index in [1.165, 1.54) is 12.1 Å². The first kappa shape index (κ1) is 15.1. The molecule has 2 aromatic carbocycles. The molecular formula is C16H18FNO3. The number of methoxy groups -OCH3 is 1. The van der Waals surface area contributed by atoms with E-state index in [4.69, 9.17) is 19.9 Å². The standard InChI is InChI=1S/C16H18FNO3/c1-19-15-4-2-3-5-16(15)21-7-6-20-14-9-12(11-18)8-13(17)10-14/h2-5,8-10H,6-7,11,18H2,1H3. The normalized spacial score (nSPS) is 10.2. The number of ether oxygens (including phenoxy) is 3. The molecule has 0 aliphatic carbocycles. The van der Waals surface area contributed by atoms with Gasteiger partial charge < -0.3 is 19.9 Å². The molecule has 0 amide bonds. The molecule has 2 rings (SSSR count).